The zero-order valence-corrected chi connectivity index (χ0v) is 16.3. The zero-order valence-electron chi connectivity index (χ0n) is 16.3. The van der Waals surface area contributed by atoms with Crippen LogP contribution in [0.25, 0.3) is 0 Å². The number of carbonyl (C=O) groups excluding carboxylic acids is 1. The second kappa shape index (κ2) is 7.87. The quantitative estimate of drug-likeness (QED) is 0.717. The fourth-order valence-corrected chi connectivity index (χ4v) is 3.80. The molecule has 3 aromatic rings. The van der Waals surface area contributed by atoms with Crippen LogP contribution < -0.4 is 14.8 Å². The van der Waals surface area contributed by atoms with Gasteiger partial charge in [-0.25, -0.2) is 9.18 Å². The second-order valence-electron chi connectivity index (χ2n) is 6.72. The molecule has 1 aliphatic heterocycles. The highest BCUT2D eigenvalue weighted by atomic mass is 19.1. The van der Waals surface area contributed by atoms with Gasteiger partial charge in [-0.1, -0.05) is 24.3 Å². The predicted molar refractivity (Wildman–Crippen MR) is 108 cm³/mol. The van der Waals surface area contributed by atoms with Crippen molar-refractivity contribution in [3.63, 3.8) is 0 Å². The maximum atomic E-state index is 14.7. The van der Waals surface area contributed by atoms with Gasteiger partial charge in [0, 0.05) is 30.5 Å². The molecule has 0 fully saturated rings. The number of methoxy groups -OCH3 is 2. The van der Waals surface area contributed by atoms with E-state index >= 15 is 0 Å². The summed E-state index contributed by atoms with van der Waals surface area (Å²) in [4.78, 5) is 14.9. The van der Waals surface area contributed by atoms with Crippen molar-refractivity contribution >= 4 is 11.7 Å². The first-order valence-corrected chi connectivity index (χ1v) is 9.32. The number of halogens is 1. The monoisotopic (exact) mass is 395 g/mol. The number of fused-ring (bicyclic) bond motifs is 1. The SMILES string of the molecule is COc1cccc(NC(=O)N2CCn3cccc3[C@H]2c2ccccc2F)c1OC. The van der Waals surface area contributed by atoms with E-state index in [9.17, 15) is 9.18 Å². The van der Waals surface area contributed by atoms with Crippen LogP contribution in [0.1, 0.15) is 17.3 Å². The second-order valence-corrected chi connectivity index (χ2v) is 6.72. The maximum absolute atomic E-state index is 14.7. The Morgan fingerprint density at radius 1 is 1.03 bits per heavy atom. The molecule has 150 valence electrons. The van der Waals surface area contributed by atoms with E-state index in [-0.39, 0.29) is 11.8 Å². The summed E-state index contributed by atoms with van der Waals surface area (Å²) < 4.78 is 27.4. The van der Waals surface area contributed by atoms with Crippen molar-refractivity contribution in [3.05, 3.63) is 77.9 Å². The van der Waals surface area contributed by atoms with Gasteiger partial charge in [-0.2, -0.15) is 0 Å². The van der Waals surface area contributed by atoms with Crippen molar-refractivity contribution in [2.75, 3.05) is 26.1 Å². The Morgan fingerprint density at radius 3 is 2.62 bits per heavy atom. The molecular formula is C22H22FN3O3. The summed E-state index contributed by atoms with van der Waals surface area (Å²) in [6, 6.07) is 14.8. The molecular weight excluding hydrogens is 373 g/mol. The summed E-state index contributed by atoms with van der Waals surface area (Å²) in [5.41, 5.74) is 1.82. The van der Waals surface area contributed by atoms with E-state index < -0.39 is 6.04 Å². The highest BCUT2D eigenvalue weighted by Crippen LogP contribution is 2.37. The summed E-state index contributed by atoms with van der Waals surface area (Å²) in [7, 11) is 3.06. The van der Waals surface area contributed by atoms with Gasteiger partial charge >= 0.3 is 6.03 Å². The topological polar surface area (TPSA) is 55.7 Å². The van der Waals surface area contributed by atoms with Gasteiger partial charge in [-0.15, -0.1) is 0 Å². The molecule has 2 aromatic carbocycles. The number of nitrogens with zero attached hydrogens (tertiary/aromatic N) is 2. The molecule has 0 spiro atoms. The Balaban J connectivity index is 1.70. The Morgan fingerprint density at radius 2 is 1.86 bits per heavy atom. The Labute approximate surface area is 168 Å². The third kappa shape index (κ3) is 3.40. The lowest BCUT2D eigenvalue weighted by atomic mass is 9.99. The third-order valence-corrected chi connectivity index (χ3v) is 5.14. The number of para-hydroxylation sites is 1. The summed E-state index contributed by atoms with van der Waals surface area (Å²) in [6.45, 7) is 1.08. The molecule has 0 aliphatic carbocycles. The number of hydrogen-bond acceptors (Lipinski definition) is 3. The van der Waals surface area contributed by atoms with Crippen LogP contribution in [0.4, 0.5) is 14.9 Å². The predicted octanol–water partition coefficient (Wildman–Crippen LogP) is 4.28. The lowest BCUT2D eigenvalue weighted by molar-refractivity contribution is 0.180. The first-order chi connectivity index (χ1) is 14.1. The number of amides is 2. The summed E-state index contributed by atoms with van der Waals surface area (Å²) in [5.74, 6) is 0.610. The Hall–Kier alpha value is -3.48. The molecule has 1 atom stereocenters. The van der Waals surface area contributed by atoms with Crippen molar-refractivity contribution in [1.29, 1.82) is 0 Å². The highest BCUT2D eigenvalue weighted by molar-refractivity contribution is 5.92. The molecule has 0 unspecified atom stereocenters. The number of carbonyl (C=O) groups is 1. The normalized spacial score (nSPS) is 15.6. The number of hydrogen-bond donors (Lipinski definition) is 1. The molecule has 4 rings (SSSR count). The van der Waals surface area contributed by atoms with Crippen LogP contribution in [-0.4, -0.2) is 36.3 Å². The Kier molecular flexibility index (Phi) is 5.12. The van der Waals surface area contributed by atoms with Crippen LogP contribution in [0.2, 0.25) is 0 Å². The fourth-order valence-electron chi connectivity index (χ4n) is 3.80. The van der Waals surface area contributed by atoms with Gasteiger partial charge < -0.3 is 24.3 Å². The van der Waals surface area contributed by atoms with Crippen molar-refractivity contribution in [2.45, 2.75) is 12.6 Å². The van der Waals surface area contributed by atoms with E-state index in [1.165, 1.54) is 20.3 Å². The zero-order chi connectivity index (χ0) is 20.4. The molecule has 0 radical (unpaired) electrons. The summed E-state index contributed by atoms with van der Waals surface area (Å²) in [5, 5.41) is 2.90. The molecule has 7 heteroatoms. The number of aromatic nitrogens is 1. The van der Waals surface area contributed by atoms with Gasteiger partial charge in [0.2, 0.25) is 0 Å². The number of anilines is 1. The smallest absolute Gasteiger partial charge is 0.322 e. The van der Waals surface area contributed by atoms with Gasteiger partial charge in [-0.3, -0.25) is 0 Å². The molecule has 0 saturated heterocycles. The molecule has 1 N–H and O–H groups in total. The van der Waals surface area contributed by atoms with E-state index in [0.717, 1.165) is 5.69 Å². The number of urea groups is 1. The minimum absolute atomic E-state index is 0.336. The van der Waals surface area contributed by atoms with Gasteiger partial charge in [0.15, 0.2) is 11.5 Å². The van der Waals surface area contributed by atoms with Crippen molar-refractivity contribution in [1.82, 2.24) is 9.47 Å². The van der Waals surface area contributed by atoms with E-state index in [4.69, 9.17) is 9.47 Å². The first-order valence-electron chi connectivity index (χ1n) is 9.32. The molecule has 0 saturated carbocycles. The van der Waals surface area contributed by atoms with Crippen molar-refractivity contribution < 1.29 is 18.7 Å². The molecule has 0 bridgehead atoms. The lowest BCUT2D eigenvalue weighted by Gasteiger charge is -2.37. The van der Waals surface area contributed by atoms with E-state index in [0.29, 0.717) is 35.8 Å². The first kappa shape index (κ1) is 18.9. The van der Waals surface area contributed by atoms with Crippen LogP contribution in [0, 0.1) is 5.82 Å². The largest absolute Gasteiger partial charge is 0.493 e. The number of rotatable bonds is 4. The van der Waals surface area contributed by atoms with Crippen LogP contribution in [0.5, 0.6) is 11.5 Å². The molecule has 2 heterocycles. The lowest BCUT2D eigenvalue weighted by Crippen LogP contribution is -2.44. The fraction of sp³-hybridized carbons (Fsp3) is 0.227. The Bertz CT molecular complexity index is 1030. The van der Waals surface area contributed by atoms with Crippen LogP contribution in [0.15, 0.2) is 60.8 Å². The maximum Gasteiger partial charge on any atom is 0.322 e. The summed E-state index contributed by atoms with van der Waals surface area (Å²) >= 11 is 0. The molecule has 1 aromatic heterocycles. The highest BCUT2D eigenvalue weighted by Gasteiger charge is 2.34. The van der Waals surface area contributed by atoms with E-state index in [2.05, 4.69) is 5.32 Å². The van der Waals surface area contributed by atoms with Crippen molar-refractivity contribution in [3.8, 4) is 11.5 Å². The van der Waals surface area contributed by atoms with Crippen molar-refractivity contribution in [2.24, 2.45) is 0 Å². The van der Waals surface area contributed by atoms with Crippen LogP contribution >= 0.6 is 0 Å². The minimum Gasteiger partial charge on any atom is -0.493 e. The summed E-state index contributed by atoms with van der Waals surface area (Å²) in [6.07, 6.45) is 1.95. The number of benzene rings is 2. The van der Waals surface area contributed by atoms with Gasteiger partial charge in [0.05, 0.1) is 19.9 Å². The van der Waals surface area contributed by atoms with Crippen LogP contribution in [-0.2, 0) is 6.54 Å². The molecule has 2 amide bonds. The van der Waals surface area contributed by atoms with Gasteiger partial charge in [-0.05, 0) is 30.3 Å². The average Bonchev–Trinajstić information content (AvgIpc) is 3.22. The number of nitrogens with one attached hydrogen (secondary N) is 1. The van der Waals surface area contributed by atoms with E-state index in [1.807, 2.05) is 22.9 Å². The van der Waals surface area contributed by atoms with E-state index in [1.54, 1.807) is 41.3 Å². The molecule has 1 aliphatic rings. The standard InChI is InChI=1S/C22H22FN3O3/c1-28-19-11-5-9-17(21(19)29-2)24-22(27)26-14-13-25-12-6-10-18(25)20(26)15-7-3-4-8-16(15)23/h3-12,20H,13-14H2,1-2H3,(H,24,27)/t20-/m1/s1. The third-order valence-electron chi connectivity index (χ3n) is 5.14. The van der Waals surface area contributed by atoms with Crippen LogP contribution in [0.3, 0.4) is 0 Å². The average molecular weight is 395 g/mol. The number of ether oxygens (including phenoxy) is 2. The van der Waals surface area contributed by atoms with Gasteiger partial charge in [0.25, 0.3) is 0 Å². The molecule has 29 heavy (non-hydrogen) atoms. The minimum atomic E-state index is -0.531. The molecule has 6 nitrogen and oxygen atoms in total. The van der Waals surface area contributed by atoms with Gasteiger partial charge in [0.1, 0.15) is 11.9 Å².